The van der Waals surface area contributed by atoms with Gasteiger partial charge in [0, 0.05) is 11.1 Å². The molecule has 2 aromatic rings. The third-order valence-corrected chi connectivity index (χ3v) is 3.58. The fourth-order valence-electron chi connectivity index (χ4n) is 2.10. The molecule has 0 fully saturated rings. The van der Waals surface area contributed by atoms with Crippen LogP contribution >= 0.6 is 0 Å². The van der Waals surface area contributed by atoms with Crippen LogP contribution in [0.25, 0.3) is 0 Å². The van der Waals surface area contributed by atoms with E-state index in [2.05, 4.69) is 11.3 Å². The minimum atomic E-state index is -3.09. The number of hydrogen-bond acceptors (Lipinski definition) is 7. The maximum absolute atomic E-state index is 12.6. The summed E-state index contributed by atoms with van der Waals surface area (Å²) in [7, 11) is 0. The smallest absolute Gasteiger partial charge is 0.353 e. The first-order chi connectivity index (χ1) is 12.7. The molecule has 7 heteroatoms. The van der Waals surface area contributed by atoms with Crippen molar-refractivity contribution in [1.82, 2.24) is 0 Å². The van der Waals surface area contributed by atoms with Gasteiger partial charge in [-0.2, -0.15) is 0 Å². The number of ether oxygens (including phenoxy) is 2. The molecule has 0 saturated heterocycles. The SMILES string of the molecule is C=C(C)C(=O)OCC(O)C(O)(O)Oc1ccccc1C(=O)c1ccccc1. The molecule has 3 N–H and O–H groups in total. The molecule has 0 heterocycles. The summed E-state index contributed by atoms with van der Waals surface area (Å²) < 4.78 is 9.74. The van der Waals surface area contributed by atoms with E-state index in [0.717, 1.165) is 0 Å². The highest BCUT2D eigenvalue weighted by Crippen LogP contribution is 2.25. The number of carbonyl (C=O) groups excluding carboxylic acids is 2. The average Bonchev–Trinajstić information content (AvgIpc) is 2.65. The molecule has 1 atom stereocenters. The predicted octanol–water partition coefficient (Wildman–Crippen LogP) is 1.42. The van der Waals surface area contributed by atoms with Crippen molar-refractivity contribution >= 4 is 11.8 Å². The van der Waals surface area contributed by atoms with Gasteiger partial charge in [-0.1, -0.05) is 49.0 Å². The lowest BCUT2D eigenvalue weighted by atomic mass is 10.0. The Labute approximate surface area is 156 Å². The lowest BCUT2D eigenvalue weighted by molar-refractivity contribution is -0.341. The third-order valence-electron chi connectivity index (χ3n) is 3.58. The number of carbonyl (C=O) groups is 2. The molecule has 1 unspecified atom stereocenters. The number of hydrogen-bond donors (Lipinski definition) is 3. The number of para-hydroxylation sites is 1. The minimum absolute atomic E-state index is 0.0716. The predicted molar refractivity (Wildman–Crippen MR) is 95.9 cm³/mol. The molecule has 0 amide bonds. The van der Waals surface area contributed by atoms with Crippen molar-refractivity contribution in [3.8, 4) is 5.75 Å². The normalized spacial score (nSPS) is 12.1. The fraction of sp³-hybridized carbons (Fsp3) is 0.200. The second-order valence-corrected chi connectivity index (χ2v) is 5.85. The van der Waals surface area contributed by atoms with Crippen molar-refractivity contribution in [2.75, 3.05) is 6.61 Å². The van der Waals surface area contributed by atoms with Crippen molar-refractivity contribution in [1.29, 1.82) is 0 Å². The number of aliphatic hydroxyl groups is 3. The highest BCUT2D eigenvalue weighted by Gasteiger charge is 2.38. The van der Waals surface area contributed by atoms with Gasteiger partial charge >= 0.3 is 11.9 Å². The van der Waals surface area contributed by atoms with Crippen molar-refractivity contribution in [2.45, 2.75) is 19.0 Å². The van der Waals surface area contributed by atoms with Gasteiger partial charge in [-0.15, -0.1) is 0 Å². The number of aliphatic hydroxyl groups excluding tert-OH is 1. The number of esters is 1. The Morgan fingerprint density at radius 1 is 1.07 bits per heavy atom. The van der Waals surface area contributed by atoms with Crippen LogP contribution in [0.3, 0.4) is 0 Å². The van der Waals surface area contributed by atoms with Gasteiger partial charge in [0.05, 0.1) is 5.56 Å². The first-order valence-corrected chi connectivity index (χ1v) is 8.05. The molecule has 7 nitrogen and oxygen atoms in total. The Bertz CT molecular complexity index is 827. The van der Waals surface area contributed by atoms with Gasteiger partial charge in [0.1, 0.15) is 12.4 Å². The van der Waals surface area contributed by atoms with Gasteiger partial charge in [0.15, 0.2) is 11.9 Å². The maximum Gasteiger partial charge on any atom is 0.353 e. The molecule has 142 valence electrons. The van der Waals surface area contributed by atoms with Crippen LogP contribution in [0.2, 0.25) is 0 Å². The quantitative estimate of drug-likeness (QED) is 0.278. The number of benzene rings is 2. The molecule has 0 saturated carbocycles. The molecule has 2 rings (SSSR count). The van der Waals surface area contributed by atoms with Crippen LogP contribution in [-0.4, -0.2) is 45.8 Å². The van der Waals surface area contributed by atoms with Gasteiger partial charge in [0.2, 0.25) is 0 Å². The van der Waals surface area contributed by atoms with Gasteiger partial charge in [-0.25, -0.2) is 4.79 Å². The first kappa shape index (κ1) is 20.3. The van der Waals surface area contributed by atoms with Crippen LogP contribution in [0.15, 0.2) is 66.7 Å². The van der Waals surface area contributed by atoms with Crippen LogP contribution in [0.5, 0.6) is 5.75 Å². The van der Waals surface area contributed by atoms with E-state index in [4.69, 9.17) is 4.74 Å². The van der Waals surface area contributed by atoms with E-state index < -0.39 is 30.4 Å². The standard InChI is InChI=1S/C20H20O7/c1-13(2)19(23)26-12-17(21)20(24,25)27-16-11-7-6-10-15(16)18(22)14-8-4-3-5-9-14/h3-11,17,21,24-25H,1,12H2,2H3. The molecule has 0 bridgehead atoms. The van der Waals surface area contributed by atoms with E-state index in [1.807, 2.05) is 0 Å². The van der Waals surface area contributed by atoms with Crippen molar-refractivity contribution in [2.24, 2.45) is 0 Å². The Balaban J connectivity index is 2.17. The third kappa shape index (κ3) is 5.24. The summed E-state index contributed by atoms with van der Waals surface area (Å²) in [6.45, 7) is 4.03. The van der Waals surface area contributed by atoms with Crippen LogP contribution in [0.1, 0.15) is 22.8 Å². The highest BCUT2D eigenvalue weighted by molar-refractivity contribution is 6.10. The second kappa shape index (κ2) is 8.59. The molecule has 0 aliphatic carbocycles. The molecule has 0 radical (unpaired) electrons. The summed E-state index contributed by atoms with van der Waals surface area (Å²) in [5.41, 5.74) is 0.539. The lowest BCUT2D eigenvalue weighted by Crippen LogP contribution is -2.50. The summed E-state index contributed by atoms with van der Waals surface area (Å²) in [4.78, 5) is 24.0. The van der Waals surface area contributed by atoms with Crippen LogP contribution in [-0.2, 0) is 9.53 Å². The van der Waals surface area contributed by atoms with Gasteiger partial charge in [0.25, 0.3) is 0 Å². The Kier molecular flexibility index (Phi) is 6.46. The van der Waals surface area contributed by atoms with Gasteiger partial charge < -0.3 is 24.8 Å². The Morgan fingerprint density at radius 2 is 1.67 bits per heavy atom. The molecule has 2 aromatic carbocycles. The molecular weight excluding hydrogens is 352 g/mol. The van der Waals surface area contributed by atoms with E-state index in [9.17, 15) is 24.9 Å². The van der Waals surface area contributed by atoms with Crippen molar-refractivity contribution < 1.29 is 34.4 Å². The zero-order chi connectivity index (χ0) is 20.0. The largest absolute Gasteiger partial charge is 0.459 e. The zero-order valence-electron chi connectivity index (χ0n) is 14.7. The maximum atomic E-state index is 12.6. The number of ketones is 1. The summed E-state index contributed by atoms with van der Waals surface area (Å²) >= 11 is 0. The van der Waals surface area contributed by atoms with Gasteiger partial charge in [-0.3, -0.25) is 4.79 Å². The average molecular weight is 372 g/mol. The van der Waals surface area contributed by atoms with Crippen molar-refractivity contribution in [3.05, 3.63) is 77.9 Å². The van der Waals surface area contributed by atoms with E-state index in [1.54, 1.807) is 36.4 Å². The molecule has 0 aromatic heterocycles. The Hall–Kier alpha value is -3.00. The minimum Gasteiger partial charge on any atom is -0.459 e. The van der Waals surface area contributed by atoms with E-state index in [-0.39, 0.29) is 16.9 Å². The summed E-state index contributed by atoms with van der Waals surface area (Å²) in [6, 6.07) is 14.3. The second-order valence-electron chi connectivity index (χ2n) is 5.85. The lowest BCUT2D eigenvalue weighted by Gasteiger charge is -2.28. The van der Waals surface area contributed by atoms with E-state index in [1.165, 1.54) is 25.1 Å². The molecule has 0 aliphatic rings. The van der Waals surface area contributed by atoms with Crippen LogP contribution < -0.4 is 4.74 Å². The van der Waals surface area contributed by atoms with Crippen LogP contribution in [0, 0.1) is 0 Å². The number of rotatable bonds is 8. The van der Waals surface area contributed by atoms with E-state index >= 15 is 0 Å². The summed E-state index contributed by atoms with van der Waals surface area (Å²) in [5.74, 6) is -4.45. The zero-order valence-corrected chi connectivity index (χ0v) is 14.7. The topological polar surface area (TPSA) is 113 Å². The molecule has 0 spiro atoms. The highest BCUT2D eigenvalue weighted by atomic mass is 16.8. The molecular formula is C20H20O7. The van der Waals surface area contributed by atoms with E-state index in [0.29, 0.717) is 5.56 Å². The first-order valence-electron chi connectivity index (χ1n) is 8.05. The molecule has 0 aliphatic heterocycles. The van der Waals surface area contributed by atoms with Gasteiger partial charge in [-0.05, 0) is 19.1 Å². The fourth-order valence-corrected chi connectivity index (χ4v) is 2.10. The van der Waals surface area contributed by atoms with Crippen molar-refractivity contribution in [3.63, 3.8) is 0 Å². The summed E-state index contributed by atoms with van der Waals surface area (Å²) in [5, 5.41) is 29.9. The Morgan fingerprint density at radius 3 is 2.30 bits per heavy atom. The monoisotopic (exact) mass is 372 g/mol. The molecule has 27 heavy (non-hydrogen) atoms. The van der Waals surface area contributed by atoms with Crippen LogP contribution in [0.4, 0.5) is 0 Å². The summed E-state index contributed by atoms with van der Waals surface area (Å²) in [6.07, 6.45) is -1.99.